The Morgan fingerprint density at radius 1 is 0.975 bits per heavy atom. The molecule has 2 N–H and O–H groups in total. The molecule has 1 saturated heterocycles. The predicted molar refractivity (Wildman–Crippen MR) is 150 cm³/mol. The van der Waals surface area contributed by atoms with Crippen LogP contribution in [0, 0.1) is 11.3 Å². The maximum atomic E-state index is 13.3. The molecular formula is C29H28N10O. The number of aromatic nitrogens is 6. The minimum Gasteiger partial charge on any atom is -0.353 e. The van der Waals surface area contributed by atoms with Crippen molar-refractivity contribution in [3.8, 4) is 28.6 Å². The van der Waals surface area contributed by atoms with E-state index in [1.165, 1.54) is 0 Å². The molecule has 1 amide bonds. The minimum absolute atomic E-state index is 0.0839. The standard InChI is InChI=1S/C29H28N10O/c1-29(31,23-6-4-3-5-7-23)28(40)38-12-10-37(11-13-38)25-9-8-20(15-32-25)26-27-21(14-30)16-34-39(27)19-24(35-26)22-17-33-36(2)18-22/h3-9,15-19H,10-13,31H2,1-2H3/t29-/m1/s1. The zero-order valence-electron chi connectivity index (χ0n) is 22.3. The number of amides is 1. The lowest BCUT2D eigenvalue weighted by atomic mass is 9.91. The normalized spacial score (nSPS) is 15.2. The molecule has 1 aromatic carbocycles. The zero-order chi connectivity index (χ0) is 27.9. The Kier molecular flexibility index (Phi) is 6.24. The summed E-state index contributed by atoms with van der Waals surface area (Å²) in [6.45, 7) is 4.16. The highest BCUT2D eigenvalue weighted by Gasteiger charge is 2.35. The molecule has 1 fully saturated rings. The lowest BCUT2D eigenvalue weighted by Gasteiger charge is -2.39. The molecule has 0 saturated carbocycles. The zero-order valence-corrected chi connectivity index (χ0v) is 22.3. The third kappa shape index (κ3) is 4.44. The molecule has 1 atom stereocenters. The van der Waals surface area contributed by atoms with Gasteiger partial charge in [-0.05, 0) is 24.6 Å². The molecule has 0 bridgehead atoms. The number of carbonyl (C=O) groups excluding carboxylic acids is 1. The van der Waals surface area contributed by atoms with Gasteiger partial charge in [0.15, 0.2) is 0 Å². The first-order valence-electron chi connectivity index (χ1n) is 13.0. The van der Waals surface area contributed by atoms with Crippen LogP contribution in [0.3, 0.4) is 0 Å². The van der Waals surface area contributed by atoms with E-state index in [0.717, 1.165) is 22.5 Å². The second-order valence-electron chi connectivity index (χ2n) is 10.1. The topological polar surface area (TPSA) is 134 Å². The molecule has 11 nitrogen and oxygen atoms in total. The summed E-state index contributed by atoms with van der Waals surface area (Å²) < 4.78 is 3.39. The quantitative estimate of drug-likeness (QED) is 0.365. The SMILES string of the molecule is Cn1cc(-c2cn3ncc(C#N)c3c(-c3ccc(N4CCN(C(=O)[C@](C)(N)c5ccccc5)CC4)nc3)n2)cn1. The fourth-order valence-corrected chi connectivity index (χ4v) is 5.08. The number of hydrogen-bond donors (Lipinski definition) is 1. The number of hydrogen-bond acceptors (Lipinski definition) is 8. The number of nitrogens with two attached hydrogens (primary N) is 1. The number of aryl methyl sites for hydroxylation is 1. The van der Waals surface area contributed by atoms with E-state index >= 15 is 0 Å². The van der Waals surface area contributed by atoms with Crippen LogP contribution in [0.5, 0.6) is 0 Å². The van der Waals surface area contributed by atoms with Crippen LogP contribution in [0.25, 0.3) is 28.0 Å². The van der Waals surface area contributed by atoms with E-state index in [0.29, 0.717) is 48.6 Å². The average Bonchev–Trinajstić information content (AvgIpc) is 3.63. The van der Waals surface area contributed by atoms with Crippen molar-refractivity contribution >= 4 is 17.2 Å². The number of benzene rings is 1. The largest absolute Gasteiger partial charge is 0.353 e. The maximum Gasteiger partial charge on any atom is 0.247 e. The summed E-state index contributed by atoms with van der Waals surface area (Å²) >= 11 is 0. The first-order valence-corrected chi connectivity index (χ1v) is 13.0. The summed E-state index contributed by atoms with van der Waals surface area (Å²) in [5, 5.41) is 18.3. The number of carbonyl (C=O) groups is 1. The van der Waals surface area contributed by atoms with Crippen molar-refractivity contribution in [1.82, 2.24) is 34.3 Å². The van der Waals surface area contributed by atoms with E-state index < -0.39 is 5.54 Å². The van der Waals surface area contributed by atoms with E-state index in [1.54, 1.807) is 40.9 Å². The number of anilines is 1. The summed E-state index contributed by atoms with van der Waals surface area (Å²) in [5.74, 6) is 0.724. The second kappa shape index (κ2) is 9.91. The first-order chi connectivity index (χ1) is 19.3. The molecule has 0 spiro atoms. The summed E-state index contributed by atoms with van der Waals surface area (Å²) in [5.41, 5.74) is 10.2. The van der Waals surface area contributed by atoms with Gasteiger partial charge in [0.2, 0.25) is 5.91 Å². The van der Waals surface area contributed by atoms with Gasteiger partial charge in [0.05, 0.1) is 30.0 Å². The number of nitriles is 1. The number of fused-ring (bicyclic) bond motifs is 1. The van der Waals surface area contributed by atoms with Crippen LogP contribution in [0.1, 0.15) is 18.1 Å². The maximum absolute atomic E-state index is 13.3. The smallest absolute Gasteiger partial charge is 0.247 e. The van der Waals surface area contributed by atoms with E-state index in [-0.39, 0.29) is 5.91 Å². The van der Waals surface area contributed by atoms with Crippen LogP contribution in [0.4, 0.5) is 5.82 Å². The number of rotatable bonds is 5. The van der Waals surface area contributed by atoms with Crippen molar-refractivity contribution in [2.75, 3.05) is 31.1 Å². The highest BCUT2D eigenvalue weighted by Crippen LogP contribution is 2.29. The summed E-state index contributed by atoms with van der Waals surface area (Å²) in [6, 6.07) is 15.6. The average molecular weight is 533 g/mol. The van der Waals surface area contributed by atoms with Gasteiger partial charge in [-0.3, -0.25) is 9.48 Å². The molecule has 1 aliphatic rings. The molecular weight excluding hydrogens is 504 g/mol. The number of piperazine rings is 1. The summed E-state index contributed by atoms with van der Waals surface area (Å²) in [4.78, 5) is 26.8. The Balaban J connectivity index is 1.22. The Bertz CT molecular complexity index is 1720. The molecule has 200 valence electrons. The van der Waals surface area contributed by atoms with Gasteiger partial charge in [0, 0.05) is 56.7 Å². The Morgan fingerprint density at radius 3 is 2.40 bits per heavy atom. The van der Waals surface area contributed by atoms with Gasteiger partial charge in [-0.25, -0.2) is 14.5 Å². The van der Waals surface area contributed by atoms with Crippen molar-refractivity contribution in [2.24, 2.45) is 12.8 Å². The lowest BCUT2D eigenvalue weighted by molar-refractivity contribution is -0.137. The molecule has 1 aliphatic heterocycles. The highest BCUT2D eigenvalue weighted by atomic mass is 16.2. The fraction of sp³-hybridized carbons (Fsp3) is 0.241. The Morgan fingerprint density at radius 2 is 1.75 bits per heavy atom. The van der Waals surface area contributed by atoms with Crippen molar-refractivity contribution < 1.29 is 4.79 Å². The minimum atomic E-state index is -1.08. The Labute approximate surface area is 231 Å². The molecule has 11 heteroatoms. The van der Waals surface area contributed by atoms with Crippen LogP contribution in [-0.2, 0) is 17.4 Å². The molecule has 6 rings (SSSR count). The lowest BCUT2D eigenvalue weighted by Crippen LogP contribution is -2.56. The van der Waals surface area contributed by atoms with E-state index in [9.17, 15) is 10.1 Å². The monoisotopic (exact) mass is 532 g/mol. The molecule has 5 aromatic rings. The number of pyridine rings is 1. The molecule has 0 radical (unpaired) electrons. The molecule has 40 heavy (non-hydrogen) atoms. The molecule has 5 heterocycles. The van der Waals surface area contributed by atoms with Gasteiger partial charge < -0.3 is 15.5 Å². The van der Waals surface area contributed by atoms with Crippen molar-refractivity contribution in [3.05, 3.63) is 84.6 Å². The number of nitrogens with zero attached hydrogens (tertiary/aromatic N) is 9. The van der Waals surface area contributed by atoms with Crippen molar-refractivity contribution in [3.63, 3.8) is 0 Å². The van der Waals surface area contributed by atoms with Crippen LogP contribution in [0.2, 0.25) is 0 Å². The third-order valence-corrected chi connectivity index (χ3v) is 7.35. The van der Waals surface area contributed by atoms with Gasteiger partial charge in [-0.2, -0.15) is 15.5 Å². The van der Waals surface area contributed by atoms with Crippen molar-refractivity contribution in [2.45, 2.75) is 12.5 Å². The highest BCUT2D eigenvalue weighted by molar-refractivity contribution is 5.87. The van der Waals surface area contributed by atoms with E-state index in [2.05, 4.69) is 21.2 Å². The van der Waals surface area contributed by atoms with Crippen LogP contribution in [-0.4, -0.2) is 66.3 Å². The summed E-state index contributed by atoms with van der Waals surface area (Å²) in [6.07, 6.45) is 8.73. The molecule has 0 aliphatic carbocycles. The van der Waals surface area contributed by atoms with Gasteiger partial charge in [0.25, 0.3) is 0 Å². The molecule has 0 unspecified atom stereocenters. The van der Waals surface area contributed by atoms with E-state index in [4.69, 9.17) is 15.7 Å². The van der Waals surface area contributed by atoms with Gasteiger partial charge in [-0.15, -0.1) is 0 Å². The van der Waals surface area contributed by atoms with Crippen molar-refractivity contribution in [1.29, 1.82) is 5.26 Å². The van der Waals surface area contributed by atoms with Gasteiger partial charge in [-0.1, -0.05) is 30.3 Å². The van der Waals surface area contributed by atoms with Gasteiger partial charge in [0.1, 0.15) is 28.5 Å². The summed E-state index contributed by atoms with van der Waals surface area (Å²) in [7, 11) is 1.85. The van der Waals surface area contributed by atoms with E-state index in [1.807, 2.05) is 60.6 Å². The van der Waals surface area contributed by atoms with Crippen LogP contribution in [0.15, 0.2) is 73.4 Å². The third-order valence-electron chi connectivity index (χ3n) is 7.35. The van der Waals surface area contributed by atoms with Crippen LogP contribution < -0.4 is 10.6 Å². The van der Waals surface area contributed by atoms with Gasteiger partial charge >= 0.3 is 0 Å². The fourth-order valence-electron chi connectivity index (χ4n) is 5.08. The Hall–Kier alpha value is -5.08. The second-order valence-corrected chi connectivity index (χ2v) is 10.1. The van der Waals surface area contributed by atoms with Crippen LogP contribution >= 0.6 is 0 Å². The predicted octanol–water partition coefficient (Wildman–Crippen LogP) is 2.59. The first kappa shape index (κ1) is 25.2. The molecule has 4 aromatic heterocycles.